The van der Waals surface area contributed by atoms with E-state index in [9.17, 15) is 38.9 Å². The molecule has 1 aromatic heterocycles. The van der Waals surface area contributed by atoms with Crippen LogP contribution in [0.3, 0.4) is 0 Å². The van der Waals surface area contributed by atoms with Crippen LogP contribution < -0.4 is 10.6 Å². The highest BCUT2D eigenvalue weighted by Gasteiger charge is 2.27. The quantitative estimate of drug-likeness (QED) is 0.0457. The molecule has 53 heavy (non-hydrogen) atoms. The minimum absolute atomic E-state index is 0.0258. The van der Waals surface area contributed by atoms with E-state index in [-0.39, 0.29) is 50.2 Å². The minimum Gasteiger partial charge on any atom is -0.480 e. The van der Waals surface area contributed by atoms with Gasteiger partial charge < -0.3 is 44.8 Å². The summed E-state index contributed by atoms with van der Waals surface area (Å²) in [5.41, 5.74) is -1.46. The van der Waals surface area contributed by atoms with Gasteiger partial charge in [-0.2, -0.15) is 0 Å². The Morgan fingerprint density at radius 1 is 0.811 bits per heavy atom. The zero-order valence-electron chi connectivity index (χ0n) is 32.6. The number of aromatic nitrogens is 2. The zero-order valence-corrected chi connectivity index (χ0v) is 32.6. The summed E-state index contributed by atoms with van der Waals surface area (Å²) >= 11 is 0. The number of nitrogens with one attached hydrogen (secondary N) is 2. The van der Waals surface area contributed by atoms with Crippen LogP contribution in [-0.2, 0) is 44.7 Å². The van der Waals surface area contributed by atoms with Crippen LogP contribution in [0.2, 0.25) is 0 Å². The molecular weight excluding hydrogens is 698 g/mol. The number of carbonyl (C=O) groups excluding carboxylic acids is 5. The van der Waals surface area contributed by atoms with E-state index < -0.39 is 58.3 Å². The first-order valence-electron chi connectivity index (χ1n) is 17.8. The van der Waals surface area contributed by atoms with Crippen molar-refractivity contribution >= 4 is 41.7 Å². The molecule has 1 rings (SSSR count). The average Bonchev–Trinajstić information content (AvgIpc) is 3.40. The number of imidazole rings is 1. The van der Waals surface area contributed by atoms with E-state index in [2.05, 4.69) is 15.6 Å². The van der Waals surface area contributed by atoms with Gasteiger partial charge in [-0.25, -0.2) is 23.9 Å². The number of hydrogen-bond acceptors (Lipinski definition) is 13. The molecular formula is C35H59N5O13. The molecule has 302 valence electrons. The highest BCUT2D eigenvalue weighted by molar-refractivity contribution is 5.88. The lowest BCUT2D eigenvalue weighted by atomic mass is 10.0. The maximum atomic E-state index is 12.8. The molecule has 18 nitrogen and oxygen atoms in total. The standard InChI is InChI=1S/C21H34N4O7.C14H25NO6/c1-6-7-13-31-19(27)11-10-16(23-20(28)32-21(3,4)5)17(26)9-8-12-24-15(2)22-14-18(24)25(29)30;1-5-6-9-20-11(16)8-7-10(12(17)18)15-13(19)21-14(2,3)4/h14,16H,6-13H2,1-5H3,(H,23,28);10H,5-9H2,1-4H3,(H,15,19)(H,17,18). The topological polar surface area (TPSA) is 245 Å². The maximum absolute atomic E-state index is 12.8. The van der Waals surface area contributed by atoms with Crippen LogP contribution in [0.4, 0.5) is 15.4 Å². The second kappa shape index (κ2) is 24.5. The van der Waals surface area contributed by atoms with Crippen molar-refractivity contribution in [2.75, 3.05) is 13.2 Å². The number of nitrogens with zero attached hydrogens (tertiary/aromatic N) is 3. The number of esters is 2. The van der Waals surface area contributed by atoms with Crippen molar-refractivity contribution in [1.82, 2.24) is 20.2 Å². The van der Waals surface area contributed by atoms with Gasteiger partial charge in [0.05, 0.1) is 25.8 Å². The number of hydrogen-bond donors (Lipinski definition) is 3. The van der Waals surface area contributed by atoms with Crippen molar-refractivity contribution in [3.8, 4) is 0 Å². The highest BCUT2D eigenvalue weighted by atomic mass is 16.6. The second-order valence-corrected chi connectivity index (χ2v) is 14.1. The Kier molecular flexibility index (Phi) is 22.3. The van der Waals surface area contributed by atoms with E-state index in [1.807, 2.05) is 13.8 Å². The summed E-state index contributed by atoms with van der Waals surface area (Å²) < 4.78 is 21.7. The first-order chi connectivity index (χ1) is 24.6. The number of unbranched alkanes of at least 4 members (excludes halogenated alkanes) is 2. The summed E-state index contributed by atoms with van der Waals surface area (Å²) in [7, 11) is 0. The molecule has 0 saturated heterocycles. The van der Waals surface area contributed by atoms with Gasteiger partial charge in [0.25, 0.3) is 0 Å². The summed E-state index contributed by atoms with van der Waals surface area (Å²) in [6.45, 7) is 16.6. The van der Waals surface area contributed by atoms with E-state index in [4.69, 9.17) is 24.1 Å². The third-order valence-electron chi connectivity index (χ3n) is 6.89. The molecule has 0 fully saturated rings. The summed E-state index contributed by atoms with van der Waals surface area (Å²) in [6, 6.07) is -2.11. The largest absolute Gasteiger partial charge is 0.480 e. The van der Waals surface area contributed by atoms with Crippen LogP contribution >= 0.6 is 0 Å². The Hall–Kier alpha value is -4.77. The third kappa shape index (κ3) is 23.4. The van der Waals surface area contributed by atoms with E-state index in [1.165, 1.54) is 10.8 Å². The van der Waals surface area contributed by atoms with Crippen LogP contribution in [0, 0.1) is 17.0 Å². The van der Waals surface area contributed by atoms with Crippen LogP contribution in [0.25, 0.3) is 0 Å². The number of aliphatic carboxylic acids is 1. The summed E-state index contributed by atoms with van der Waals surface area (Å²) in [5.74, 6) is -2.09. The Morgan fingerprint density at radius 3 is 1.68 bits per heavy atom. The molecule has 1 aromatic rings. The number of Topliss-reactive ketones (excluding diaryl/α,β-unsaturated/α-hetero) is 1. The summed E-state index contributed by atoms with van der Waals surface area (Å²) in [5, 5.41) is 24.9. The van der Waals surface area contributed by atoms with Crippen molar-refractivity contribution in [2.24, 2.45) is 0 Å². The van der Waals surface area contributed by atoms with Crippen LogP contribution in [-0.4, -0.2) is 92.0 Å². The number of aryl methyl sites for hydroxylation is 1. The predicted molar refractivity (Wildman–Crippen MR) is 192 cm³/mol. The predicted octanol–water partition coefficient (Wildman–Crippen LogP) is 5.55. The molecule has 0 aliphatic rings. The van der Waals surface area contributed by atoms with Crippen molar-refractivity contribution in [1.29, 1.82) is 0 Å². The van der Waals surface area contributed by atoms with E-state index in [1.54, 1.807) is 48.5 Å². The Balaban J connectivity index is 0.00000112. The van der Waals surface area contributed by atoms with Gasteiger partial charge in [0, 0.05) is 26.2 Å². The highest BCUT2D eigenvalue weighted by Crippen LogP contribution is 2.16. The molecule has 2 unspecified atom stereocenters. The van der Waals surface area contributed by atoms with Crippen molar-refractivity contribution in [3.05, 3.63) is 22.1 Å². The molecule has 0 bridgehead atoms. The summed E-state index contributed by atoms with van der Waals surface area (Å²) in [6.07, 6.45) is 3.22. The molecule has 0 aromatic carbocycles. The Bertz CT molecular complexity index is 1350. The molecule has 3 N–H and O–H groups in total. The molecule has 0 aliphatic carbocycles. The van der Waals surface area contributed by atoms with Crippen LogP contribution in [0.1, 0.15) is 125 Å². The SMILES string of the molecule is CCCCOC(=O)CCC(NC(=O)OC(C)(C)C)C(=O)CCCn1c([N+](=O)[O-])cnc1C.CCCCOC(=O)CCC(NC(=O)OC(C)(C)C)C(=O)O. The fourth-order valence-corrected chi connectivity index (χ4v) is 4.26. The van der Waals surface area contributed by atoms with Gasteiger partial charge in [0.2, 0.25) is 0 Å². The second-order valence-electron chi connectivity index (χ2n) is 14.1. The van der Waals surface area contributed by atoms with Gasteiger partial charge in [-0.05, 0) is 78.6 Å². The van der Waals surface area contributed by atoms with Gasteiger partial charge in [-0.1, -0.05) is 26.7 Å². The molecule has 0 saturated carbocycles. The lowest BCUT2D eigenvalue weighted by Crippen LogP contribution is -2.43. The molecule has 0 aliphatic heterocycles. The molecule has 1 heterocycles. The van der Waals surface area contributed by atoms with E-state index >= 15 is 0 Å². The number of carboxylic acid groups (broad SMARTS) is 1. The normalized spacial score (nSPS) is 12.2. The Labute approximate surface area is 311 Å². The number of carboxylic acids is 1. The molecule has 2 amide bonds. The molecule has 0 spiro atoms. The summed E-state index contributed by atoms with van der Waals surface area (Å²) in [4.78, 5) is 85.3. The average molecular weight is 758 g/mol. The molecule has 18 heteroatoms. The minimum atomic E-state index is -1.22. The monoisotopic (exact) mass is 757 g/mol. The molecule has 0 radical (unpaired) electrons. The first-order valence-corrected chi connectivity index (χ1v) is 17.8. The van der Waals surface area contributed by atoms with Crippen molar-refractivity contribution in [2.45, 2.75) is 156 Å². The number of amides is 2. The third-order valence-corrected chi connectivity index (χ3v) is 6.89. The van der Waals surface area contributed by atoms with Gasteiger partial charge >= 0.3 is 35.9 Å². The number of rotatable bonds is 21. The number of nitro groups is 1. The van der Waals surface area contributed by atoms with Gasteiger partial charge in [-0.15, -0.1) is 0 Å². The number of alkyl carbamates (subject to hydrolysis) is 2. The first kappa shape index (κ1) is 48.2. The van der Waals surface area contributed by atoms with Crippen LogP contribution in [0.15, 0.2) is 6.20 Å². The van der Waals surface area contributed by atoms with Gasteiger partial charge in [0.15, 0.2) is 11.6 Å². The van der Waals surface area contributed by atoms with Gasteiger partial charge in [0.1, 0.15) is 23.4 Å². The fourth-order valence-electron chi connectivity index (χ4n) is 4.26. The van der Waals surface area contributed by atoms with Crippen molar-refractivity contribution < 1.29 is 57.7 Å². The van der Waals surface area contributed by atoms with Crippen molar-refractivity contribution in [3.63, 3.8) is 0 Å². The van der Waals surface area contributed by atoms with E-state index in [0.29, 0.717) is 25.5 Å². The lowest BCUT2D eigenvalue weighted by Gasteiger charge is -2.23. The smallest absolute Gasteiger partial charge is 0.408 e. The van der Waals surface area contributed by atoms with Crippen LogP contribution in [0.5, 0.6) is 0 Å². The van der Waals surface area contributed by atoms with Gasteiger partial charge in [-0.3, -0.25) is 14.4 Å². The van der Waals surface area contributed by atoms with E-state index in [0.717, 1.165) is 25.7 Å². The number of ether oxygens (including phenoxy) is 4. The fraction of sp³-hybridized carbons (Fsp3) is 0.743. The number of carbonyl (C=O) groups is 6. The zero-order chi connectivity index (χ0) is 40.8. The lowest BCUT2D eigenvalue weighted by molar-refractivity contribution is -0.392. The molecule has 2 atom stereocenters. The Morgan fingerprint density at radius 2 is 1.26 bits per heavy atom. The number of ketones is 1. The maximum Gasteiger partial charge on any atom is 0.408 e.